The average Bonchev–Trinajstić information content (AvgIpc) is 3.51. The van der Waals surface area contributed by atoms with E-state index >= 15 is 0 Å². The van der Waals surface area contributed by atoms with Crippen LogP contribution in [0.5, 0.6) is 5.88 Å². The topological polar surface area (TPSA) is 173 Å². The van der Waals surface area contributed by atoms with E-state index in [2.05, 4.69) is 19.6 Å². The Kier molecular flexibility index (Phi) is 8.30. The molecule has 0 bridgehead atoms. The largest absolute Gasteiger partial charge is 0.494 e. The smallest absolute Gasteiger partial charge is 0.334 e. The van der Waals surface area contributed by atoms with Crippen LogP contribution in [0.25, 0.3) is 0 Å². The molecule has 3 aliphatic carbocycles. The number of carbonyl (C=O) groups excluding carboxylic acids is 2. The fraction of sp³-hybridized carbons (Fsp3) is 0.774. The summed E-state index contributed by atoms with van der Waals surface area (Å²) in [5, 5.41) is 18.8. The molecule has 2 saturated heterocycles. The van der Waals surface area contributed by atoms with E-state index in [1.54, 1.807) is 4.90 Å². The first-order chi connectivity index (χ1) is 21.3. The number of urea groups is 1. The molecule has 3 saturated carbocycles. The van der Waals surface area contributed by atoms with Crippen molar-refractivity contribution in [2.24, 2.45) is 17.1 Å². The van der Waals surface area contributed by atoms with Gasteiger partial charge in [0, 0.05) is 33.3 Å². The summed E-state index contributed by atoms with van der Waals surface area (Å²) in [6.45, 7) is 7.94. The van der Waals surface area contributed by atoms with Gasteiger partial charge in [-0.2, -0.15) is 0 Å². The van der Waals surface area contributed by atoms with Crippen molar-refractivity contribution in [3.05, 3.63) is 26.4 Å². The Balaban J connectivity index is 1.14. The maximum atomic E-state index is 13.6. The third-order valence-electron chi connectivity index (χ3n) is 11.1. The van der Waals surface area contributed by atoms with Crippen LogP contribution in [-0.4, -0.2) is 88.0 Å². The molecule has 3 amide bonds. The summed E-state index contributed by atoms with van der Waals surface area (Å²) in [6.07, 6.45) is 8.26. The number of rotatable bonds is 10. The summed E-state index contributed by atoms with van der Waals surface area (Å²) >= 11 is 0. The van der Waals surface area contributed by atoms with Gasteiger partial charge in [0.15, 0.2) is 5.54 Å². The molecule has 14 heteroatoms. The first kappa shape index (κ1) is 32.0. The van der Waals surface area contributed by atoms with Gasteiger partial charge in [-0.1, -0.05) is 32.5 Å². The number of aromatic nitrogens is 2. The fourth-order valence-corrected chi connectivity index (χ4v) is 9.06. The van der Waals surface area contributed by atoms with Gasteiger partial charge in [0.2, 0.25) is 5.88 Å². The molecular formula is C31H48N6O7Si. The van der Waals surface area contributed by atoms with Crippen molar-refractivity contribution in [3.63, 3.8) is 0 Å². The Bertz CT molecular complexity index is 1470. The van der Waals surface area contributed by atoms with Crippen molar-refractivity contribution in [2.75, 3.05) is 26.6 Å². The quantitative estimate of drug-likeness (QED) is 0.115. The van der Waals surface area contributed by atoms with E-state index in [0.717, 1.165) is 57.4 Å². The SMILES string of the molecule is C[Si](C)(C)CCOCN1C(=O)N(C2CC3(CCC(n4c(=O)c(C(=N)N)c(O)n(CC5CCCC5)c4=O)CC3)C2)C2(COC2)C1=O. The van der Waals surface area contributed by atoms with Crippen LogP contribution in [0.15, 0.2) is 9.59 Å². The molecule has 0 unspecified atom stereocenters. The Hall–Kier alpha value is -2.97. The van der Waals surface area contributed by atoms with Crippen molar-refractivity contribution in [3.8, 4) is 5.88 Å². The van der Waals surface area contributed by atoms with Crippen LogP contribution in [0.2, 0.25) is 25.7 Å². The first-order valence-corrected chi connectivity index (χ1v) is 20.2. The molecule has 0 atom stereocenters. The molecule has 5 fully saturated rings. The number of nitrogen functional groups attached to an aromatic ring is 1. The van der Waals surface area contributed by atoms with Gasteiger partial charge < -0.3 is 25.2 Å². The number of hydrogen-bond acceptors (Lipinski definition) is 8. The van der Waals surface area contributed by atoms with Crippen molar-refractivity contribution >= 4 is 25.8 Å². The second kappa shape index (κ2) is 11.7. The van der Waals surface area contributed by atoms with Gasteiger partial charge >= 0.3 is 11.7 Å². The minimum atomic E-state index is -1.30. The third-order valence-corrected chi connectivity index (χ3v) is 12.8. The molecule has 1 aromatic heterocycles. The summed E-state index contributed by atoms with van der Waals surface area (Å²) in [7, 11) is -1.30. The zero-order chi connectivity index (χ0) is 32.3. The number of carbonyl (C=O) groups is 2. The Morgan fingerprint density at radius 2 is 1.69 bits per heavy atom. The maximum Gasteiger partial charge on any atom is 0.334 e. The molecular weight excluding hydrogens is 596 g/mol. The van der Waals surface area contributed by atoms with Gasteiger partial charge in [-0.15, -0.1) is 0 Å². The zero-order valence-electron chi connectivity index (χ0n) is 26.8. The lowest BCUT2D eigenvalue weighted by Crippen LogP contribution is -2.68. The molecule has 13 nitrogen and oxygen atoms in total. The van der Waals surface area contributed by atoms with Gasteiger partial charge in [-0.3, -0.25) is 24.1 Å². The number of nitrogens with zero attached hydrogens (tertiary/aromatic N) is 4. The number of hydrogen-bond donors (Lipinski definition) is 3. The average molecular weight is 645 g/mol. The monoisotopic (exact) mass is 644 g/mol. The Morgan fingerprint density at radius 3 is 2.24 bits per heavy atom. The van der Waals surface area contributed by atoms with Crippen LogP contribution in [-0.2, 0) is 20.8 Å². The number of aromatic hydroxyl groups is 1. The molecule has 5 aliphatic rings. The second-order valence-corrected chi connectivity index (χ2v) is 21.0. The summed E-state index contributed by atoms with van der Waals surface area (Å²) < 4.78 is 13.7. The Labute approximate surface area is 264 Å². The third kappa shape index (κ3) is 5.56. The van der Waals surface area contributed by atoms with Gasteiger partial charge in [-0.25, -0.2) is 14.5 Å². The van der Waals surface area contributed by atoms with Crippen molar-refractivity contribution in [2.45, 2.75) is 114 Å². The molecule has 4 N–H and O–H groups in total. The fourth-order valence-electron chi connectivity index (χ4n) is 8.30. The molecule has 0 radical (unpaired) electrons. The first-order valence-electron chi connectivity index (χ1n) is 16.5. The lowest BCUT2D eigenvalue weighted by atomic mass is 9.57. The van der Waals surface area contributed by atoms with Crippen molar-refractivity contribution < 1.29 is 24.2 Å². The van der Waals surface area contributed by atoms with Crippen LogP contribution < -0.4 is 17.0 Å². The minimum absolute atomic E-state index is 0.0374. The van der Waals surface area contributed by atoms with Crippen LogP contribution in [0.4, 0.5) is 4.79 Å². The minimum Gasteiger partial charge on any atom is -0.494 e. The van der Waals surface area contributed by atoms with E-state index in [0.29, 0.717) is 26.0 Å². The molecule has 2 aliphatic heterocycles. The highest BCUT2D eigenvalue weighted by Gasteiger charge is 2.66. The molecule has 2 spiro atoms. The predicted octanol–water partition coefficient (Wildman–Crippen LogP) is 2.80. The molecule has 3 heterocycles. The van der Waals surface area contributed by atoms with E-state index in [1.807, 2.05) is 0 Å². The Morgan fingerprint density at radius 1 is 1.04 bits per heavy atom. The van der Waals surface area contributed by atoms with Crippen molar-refractivity contribution in [1.82, 2.24) is 18.9 Å². The number of nitrogens with two attached hydrogens (primary N) is 1. The number of amidine groups is 1. The lowest BCUT2D eigenvalue weighted by molar-refractivity contribution is -0.171. The highest BCUT2D eigenvalue weighted by atomic mass is 28.3. The van der Waals surface area contributed by atoms with E-state index in [-0.39, 0.29) is 60.9 Å². The summed E-state index contributed by atoms with van der Waals surface area (Å²) in [5.41, 5.74) is 3.19. The number of amides is 3. The molecule has 0 aromatic carbocycles. The van der Waals surface area contributed by atoms with E-state index in [9.17, 15) is 24.3 Å². The zero-order valence-corrected chi connectivity index (χ0v) is 27.8. The van der Waals surface area contributed by atoms with Gasteiger partial charge in [0.05, 0.1) is 13.2 Å². The normalized spacial score (nSPS) is 28.2. The molecule has 45 heavy (non-hydrogen) atoms. The summed E-state index contributed by atoms with van der Waals surface area (Å²) in [5.74, 6) is -1.06. The van der Waals surface area contributed by atoms with Gasteiger partial charge in [-0.05, 0) is 68.7 Å². The molecule has 6 rings (SSSR count). The summed E-state index contributed by atoms with van der Waals surface area (Å²) in [6, 6.07) is 0.195. The van der Waals surface area contributed by atoms with Crippen LogP contribution >= 0.6 is 0 Å². The van der Waals surface area contributed by atoms with E-state index in [4.69, 9.17) is 20.6 Å². The second-order valence-electron chi connectivity index (χ2n) is 15.4. The van der Waals surface area contributed by atoms with Crippen LogP contribution in [0, 0.1) is 16.7 Å². The van der Waals surface area contributed by atoms with Crippen LogP contribution in [0.3, 0.4) is 0 Å². The number of nitrogens with one attached hydrogen (secondary N) is 1. The maximum absolute atomic E-state index is 13.6. The predicted molar refractivity (Wildman–Crippen MR) is 169 cm³/mol. The van der Waals surface area contributed by atoms with Gasteiger partial charge in [0.25, 0.3) is 11.5 Å². The van der Waals surface area contributed by atoms with E-state index in [1.165, 1.54) is 14.0 Å². The van der Waals surface area contributed by atoms with E-state index < -0.39 is 36.6 Å². The standard InChI is InChI=1S/C31H48N6O7Si/c1-45(2,3)13-12-43-19-35-27(40)31(17-44-18-31)37(29(35)42)22-14-30(15-22)10-8-21(9-11-30)36-26(39)23(24(32)33)25(38)34(28(36)41)16-20-6-4-5-7-20/h20-22,38H,4-19H2,1-3H3,(H3,32,33). The van der Waals surface area contributed by atoms with Crippen LogP contribution in [0.1, 0.15) is 75.8 Å². The molecule has 248 valence electrons. The summed E-state index contributed by atoms with van der Waals surface area (Å²) in [4.78, 5) is 57.1. The highest BCUT2D eigenvalue weighted by molar-refractivity contribution is 6.76. The van der Waals surface area contributed by atoms with Gasteiger partial charge in [0.1, 0.15) is 18.1 Å². The lowest BCUT2D eigenvalue weighted by Gasteiger charge is -2.57. The number of ether oxygens (including phenoxy) is 2. The highest BCUT2D eigenvalue weighted by Crippen LogP contribution is 2.57. The number of imide groups is 1. The molecule has 1 aromatic rings. The van der Waals surface area contributed by atoms with Crippen molar-refractivity contribution in [1.29, 1.82) is 5.41 Å².